The van der Waals surface area contributed by atoms with E-state index in [1.165, 1.54) is 12.5 Å². The van der Waals surface area contributed by atoms with Gasteiger partial charge >= 0.3 is 0 Å². The third kappa shape index (κ3) is 2.34. The first-order valence-corrected chi connectivity index (χ1v) is 4.94. The predicted molar refractivity (Wildman–Crippen MR) is 57.5 cm³/mol. The van der Waals surface area contributed by atoms with Gasteiger partial charge in [-0.15, -0.1) is 0 Å². The molecule has 0 bridgehead atoms. The van der Waals surface area contributed by atoms with Crippen molar-refractivity contribution in [1.82, 2.24) is 19.9 Å². The first kappa shape index (κ1) is 11.0. The van der Waals surface area contributed by atoms with E-state index in [-0.39, 0.29) is 5.15 Å². The van der Waals surface area contributed by atoms with E-state index in [4.69, 9.17) is 21.1 Å². The average molecular weight is 241 g/mol. The largest absolute Gasteiger partial charge is 0.474 e. The maximum absolute atomic E-state index is 5.86. The minimum atomic E-state index is 0.259. The molecule has 6 nitrogen and oxygen atoms in total. The van der Waals surface area contributed by atoms with Crippen molar-refractivity contribution < 1.29 is 9.47 Å². The zero-order valence-electron chi connectivity index (χ0n) is 8.55. The summed E-state index contributed by atoms with van der Waals surface area (Å²) in [7, 11) is 1.60. The summed E-state index contributed by atoms with van der Waals surface area (Å²) in [6.45, 7) is 0.890. The summed E-state index contributed by atoms with van der Waals surface area (Å²) in [5.41, 5.74) is 0.873. The molecule has 0 fully saturated rings. The summed E-state index contributed by atoms with van der Waals surface area (Å²) in [5.74, 6) is 0.376. The van der Waals surface area contributed by atoms with Gasteiger partial charge in [0.25, 0.3) is 0 Å². The van der Waals surface area contributed by atoms with Crippen molar-refractivity contribution in [3.63, 3.8) is 0 Å². The number of halogens is 1. The molecule has 0 aliphatic heterocycles. The molecular formula is C9H9ClN4O2. The molecule has 2 heterocycles. The Bertz CT molecular complexity index is 494. The minimum Gasteiger partial charge on any atom is -0.474 e. The van der Waals surface area contributed by atoms with E-state index < -0.39 is 0 Å². The topological polar surface area (TPSA) is 70.0 Å². The molecule has 0 aliphatic carbocycles. The maximum Gasteiger partial charge on any atom is 0.233 e. The standard InChI is InChI=1S/C9H9ClN4O2/c1-15-2-3-16-6-4-11-9-7(14-6)8(10)12-5-13-9/h4-5H,2-3H2,1H3. The van der Waals surface area contributed by atoms with Gasteiger partial charge in [-0.25, -0.2) is 19.9 Å². The number of fused-ring (bicyclic) bond motifs is 1. The smallest absolute Gasteiger partial charge is 0.233 e. The van der Waals surface area contributed by atoms with Gasteiger partial charge in [-0.3, -0.25) is 0 Å². The fourth-order valence-electron chi connectivity index (χ4n) is 1.09. The zero-order valence-corrected chi connectivity index (χ0v) is 9.31. The first-order chi connectivity index (χ1) is 7.81. The molecule has 0 spiro atoms. The number of nitrogens with zero attached hydrogens (tertiary/aromatic N) is 4. The summed E-state index contributed by atoms with van der Waals surface area (Å²) in [6, 6.07) is 0. The van der Waals surface area contributed by atoms with Gasteiger partial charge in [0, 0.05) is 7.11 Å². The van der Waals surface area contributed by atoms with Gasteiger partial charge in [-0.2, -0.15) is 0 Å². The zero-order chi connectivity index (χ0) is 11.4. The van der Waals surface area contributed by atoms with Gasteiger partial charge in [0.05, 0.1) is 12.8 Å². The fraction of sp³-hybridized carbons (Fsp3) is 0.333. The van der Waals surface area contributed by atoms with Gasteiger partial charge in [-0.1, -0.05) is 11.6 Å². The quantitative estimate of drug-likeness (QED) is 0.589. The van der Waals surface area contributed by atoms with Crippen LogP contribution in [-0.2, 0) is 4.74 Å². The van der Waals surface area contributed by atoms with Crippen LogP contribution in [0.25, 0.3) is 11.2 Å². The molecule has 0 saturated heterocycles. The Balaban J connectivity index is 2.25. The first-order valence-electron chi connectivity index (χ1n) is 4.56. The van der Waals surface area contributed by atoms with Crippen molar-refractivity contribution in [1.29, 1.82) is 0 Å². The average Bonchev–Trinajstić information content (AvgIpc) is 2.30. The summed E-state index contributed by atoms with van der Waals surface area (Å²) in [6.07, 6.45) is 2.83. The van der Waals surface area contributed by atoms with Crippen LogP contribution in [0.3, 0.4) is 0 Å². The highest BCUT2D eigenvalue weighted by molar-refractivity contribution is 6.33. The highest BCUT2D eigenvalue weighted by atomic mass is 35.5. The molecule has 2 aromatic rings. The fourth-order valence-corrected chi connectivity index (χ4v) is 1.26. The molecule has 0 atom stereocenters. The Morgan fingerprint density at radius 3 is 2.94 bits per heavy atom. The summed E-state index contributed by atoms with van der Waals surface area (Å²) in [5, 5.41) is 0.259. The van der Waals surface area contributed by atoms with Gasteiger partial charge in [-0.05, 0) is 0 Å². The van der Waals surface area contributed by atoms with Crippen LogP contribution in [-0.4, -0.2) is 40.3 Å². The normalized spacial score (nSPS) is 10.6. The molecule has 84 valence electrons. The maximum atomic E-state index is 5.86. The summed E-state index contributed by atoms with van der Waals surface area (Å²) >= 11 is 5.86. The number of methoxy groups -OCH3 is 1. The van der Waals surface area contributed by atoms with Crippen LogP contribution in [0.4, 0.5) is 0 Å². The SMILES string of the molecule is COCCOc1cnc2ncnc(Cl)c2n1. The van der Waals surface area contributed by atoms with Crippen LogP contribution in [0.15, 0.2) is 12.5 Å². The van der Waals surface area contributed by atoms with Crippen molar-refractivity contribution >= 4 is 22.8 Å². The van der Waals surface area contributed by atoms with E-state index in [2.05, 4.69) is 19.9 Å². The minimum absolute atomic E-state index is 0.259. The Labute approximate surface area is 96.6 Å². The van der Waals surface area contributed by atoms with Crippen LogP contribution in [0, 0.1) is 0 Å². The lowest BCUT2D eigenvalue weighted by Gasteiger charge is -2.04. The van der Waals surface area contributed by atoms with Crippen molar-refractivity contribution in [2.45, 2.75) is 0 Å². The Kier molecular flexibility index (Phi) is 3.43. The van der Waals surface area contributed by atoms with Crippen molar-refractivity contribution in [2.75, 3.05) is 20.3 Å². The van der Waals surface area contributed by atoms with Gasteiger partial charge < -0.3 is 9.47 Å². The number of aromatic nitrogens is 4. The van der Waals surface area contributed by atoms with Crippen LogP contribution in [0.2, 0.25) is 5.15 Å². The Morgan fingerprint density at radius 2 is 2.12 bits per heavy atom. The predicted octanol–water partition coefficient (Wildman–Crippen LogP) is 1.10. The van der Waals surface area contributed by atoms with E-state index >= 15 is 0 Å². The van der Waals surface area contributed by atoms with E-state index in [9.17, 15) is 0 Å². The molecule has 0 aromatic carbocycles. The van der Waals surface area contributed by atoms with Gasteiger partial charge in [0.2, 0.25) is 5.88 Å². The van der Waals surface area contributed by atoms with Crippen LogP contribution in [0.5, 0.6) is 5.88 Å². The van der Waals surface area contributed by atoms with E-state index in [1.807, 2.05) is 0 Å². The molecular weight excluding hydrogens is 232 g/mol. The van der Waals surface area contributed by atoms with Crippen LogP contribution in [0.1, 0.15) is 0 Å². The van der Waals surface area contributed by atoms with Crippen molar-refractivity contribution in [3.8, 4) is 5.88 Å². The molecule has 0 saturated carbocycles. The number of rotatable bonds is 4. The summed E-state index contributed by atoms with van der Waals surface area (Å²) < 4.78 is 10.1. The molecule has 0 amide bonds. The molecule has 0 unspecified atom stereocenters. The second-order valence-electron chi connectivity index (χ2n) is 2.89. The molecule has 2 aromatic heterocycles. The summed E-state index contributed by atoms with van der Waals surface area (Å²) in [4.78, 5) is 16.0. The molecule has 0 radical (unpaired) electrons. The molecule has 0 aliphatic rings. The van der Waals surface area contributed by atoms with Gasteiger partial charge in [0.1, 0.15) is 18.5 Å². The van der Waals surface area contributed by atoms with Crippen LogP contribution < -0.4 is 4.74 Å². The monoisotopic (exact) mass is 240 g/mol. The Hall–Kier alpha value is -1.53. The second kappa shape index (κ2) is 5.00. The van der Waals surface area contributed by atoms with Crippen LogP contribution >= 0.6 is 11.6 Å². The van der Waals surface area contributed by atoms with Gasteiger partial charge in [0.15, 0.2) is 10.8 Å². The lowest BCUT2D eigenvalue weighted by Crippen LogP contribution is -2.06. The molecule has 7 heteroatoms. The van der Waals surface area contributed by atoms with E-state index in [0.717, 1.165) is 0 Å². The van der Waals surface area contributed by atoms with E-state index in [0.29, 0.717) is 30.3 Å². The number of ether oxygens (including phenoxy) is 2. The molecule has 16 heavy (non-hydrogen) atoms. The van der Waals surface area contributed by atoms with Crippen molar-refractivity contribution in [3.05, 3.63) is 17.7 Å². The Morgan fingerprint density at radius 1 is 1.25 bits per heavy atom. The number of hydrogen-bond donors (Lipinski definition) is 0. The third-order valence-electron chi connectivity index (χ3n) is 1.81. The number of hydrogen-bond acceptors (Lipinski definition) is 6. The second-order valence-corrected chi connectivity index (χ2v) is 3.24. The van der Waals surface area contributed by atoms with Crippen molar-refractivity contribution in [2.24, 2.45) is 0 Å². The lowest BCUT2D eigenvalue weighted by molar-refractivity contribution is 0.143. The third-order valence-corrected chi connectivity index (χ3v) is 2.09. The molecule has 2 rings (SSSR count). The highest BCUT2D eigenvalue weighted by Crippen LogP contribution is 2.17. The highest BCUT2D eigenvalue weighted by Gasteiger charge is 2.06. The van der Waals surface area contributed by atoms with E-state index in [1.54, 1.807) is 7.11 Å². The lowest BCUT2D eigenvalue weighted by atomic mass is 10.5. The molecule has 0 N–H and O–H groups in total.